The Morgan fingerprint density at radius 1 is 0.969 bits per heavy atom. The molecule has 2 heteroatoms. The van der Waals surface area contributed by atoms with E-state index in [-0.39, 0.29) is 17.6 Å². The molecule has 0 bridgehead atoms. The Morgan fingerprint density at radius 2 is 1.69 bits per heavy atom. The van der Waals surface area contributed by atoms with Crippen molar-refractivity contribution >= 4 is 6.08 Å². The first kappa shape index (κ1) is 20.0. The van der Waals surface area contributed by atoms with Crippen molar-refractivity contribution < 1.29 is 9.47 Å². The normalized spacial score (nSPS) is 30.2. The Balaban J connectivity index is 1.24. The molecular formula is C30H30O2. The molecule has 162 valence electrons. The highest BCUT2D eigenvalue weighted by Gasteiger charge is 2.69. The van der Waals surface area contributed by atoms with Gasteiger partial charge in [-0.15, -0.1) is 0 Å². The molecule has 0 aromatic heterocycles. The first-order valence-corrected chi connectivity index (χ1v) is 11.8. The van der Waals surface area contributed by atoms with Gasteiger partial charge in [0.1, 0.15) is 0 Å². The van der Waals surface area contributed by atoms with E-state index in [1.54, 1.807) is 0 Å². The van der Waals surface area contributed by atoms with Crippen molar-refractivity contribution in [3.63, 3.8) is 0 Å². The van der Waals surface area contributed by atoms with Gasteiger partial charge in [0.2, 0.25) is 0 Å². The molecular weight excluding hydrogens is 392 g/mol. The van der Waals surface area contributed by atoms with Crippen LogP contribution in [0.15, 0.2) is 90.5 Å². The highest BCUT2D eigenvalue weighted by molar-refractivity contribution is 5.57. The number of rotatable bonds is 7. The van der Waals surface area contributed by atoms with Gasteiger partial charge < -0.3 is 9.47 Å². The summed E-state index contributed by atoms with van der Waals surface area (Å²) >= 11 is 0. The van der Waals surface area contributed by atoms with Crippen LogP contribution in [0.3, 0.4) is 0 Å². The second-order valence-corrected chi connectivity index (χ2v) is 9.79. The Labute approximate surface area is 190 Å². The molecule has 0 amide bonds. The summed E-state index contributed by atoms with van der Waals surface area (Å²) in [4.78, 5) is 0. The van der Waals surface area contributed by atoms with E-state index in [0.717, 1.165) is 19.6 Å². The summed E-state index contributed by atoms with van der Waals surface area (Å²) in [7, 11) is 0. The molecule has 2 saturated carbocycles. The minimum Gasteiger partial charge on any atom is -0.373 e. The van der Waals surface area contributed by atoms with Gasteiger partial charge in [0.25, 0.3) is 0 Å². The van der Waals surface area contributed by atoms with Crippen LogP contribution in [0.25, 0.3) is 6.08 Å². The number of ether oxygens (including phenoxy) is 2. The molecule has 3 aromatic rings. The summed E-state index contributed by atoms with van der Waals surface area (Å²) in [6, 6.07) is 30.3. The number of fused-ring (bicyclic) bond motifs is 1. The Bertz CT molecular complexity index is 1100. The summed E-state index contributed by atoms with van der Waals surface area (Å²) in [6.45, 7) is 3.77. The van der Waals surface area contributed by atoms with E-state index in [1.807, 2.05) is 0 Å². The molecule has 0 N–H and O–H groups in total. The molecule has 0 spiro atoms. The van der Waals surface area contributed by atoms with Gasteiger partial charge in [0, 0.05) is 11.3 Å². The van der Waals surface area contributed by atoms with Crippen LogP contribution in [0.5, 0.6) is 0 Å². The first-order chi connectivity index (χ1) is 15.7. The quantitative estimate of drug-likeness (QED) is 0.411. The maximum Gasteiger partial charge on any atom is 0.0913 e. The molecule has 5 atom stereocenters. The van der Waals surface area contributed by atoms with Gasteiger partial charge in [-0.3, -0.25) is 0 Å². The molecule has 32 heavy (non-hydrogen) atoms. The molecule has 1 heterocycles. The summed E-state index contributed by atoms with van der Waals surface area (Å²) in [5, 5.41) is 0. The fourth-order valence-corrected chi connectivity index (χ4v) is 5.61. The van der Waals surface area contributed by atoms with Crippen LogP contribution in [-0.2, 0) is 9.47 Å². The van der Waals surface area contributed by atoms with Crippen LogP contribution >= 0.6 is 0 Å². The number of benzene rings is 3. The van der Waals surface area contributed by atoms with Crippen molar-refractivity contribution in [2.24, 2.45) is 17.3 Å². The minimum absolute atomic E-state index is 0.0504. The van der Waals surface area contributed by atoms with Gasteiger partial charge in [-0.1, -0.05) is 102 Å². The van der Waals surface area contributed by atoms with E-state index in [0.29, 0.717) is 11.8 Å². The average molecular weight is 423 g/mol. The van der Waals surface area contributed by atoms with E-state index in [2.05, 4.69) is 97.9 Å². The zero-order valence-electron chi connectivity index (χ0n) is 18.6. The maximum absolute atomic E-state index is 6.80. The maximum atomic E-state index is 6.80. The first-order valence-electron chi connectivity index (χ1n) is 11.8. The third-order valence-electron chi connectivity index (χ3n) is 7.58. The molecule has 1 saturated heterocycles. The van der Waals surface area contributed by atoms with Crippen molar-refractivity contribution in [1.82, 2.24) is 0 Å². The summed E-state index contributed by atoms with van der Waals surface area (Å²) in [5.74, 6) is 1.12. The van der Waals surface area contributed by atoms with E-state index < -0.39 is 0 Å². The van der Waals surface area contributed by atoms with Crippen LogP contribution in [-0.4, -0.2) is 13.2 Å². The van der Waals surface area contributed by atoms with Crippen LogP contribution in [0.2, 0.25) is 0 Å². The molecule has 1 aliphatic heterocycles. The average Bonchev–Trinajstić information content (AvgIpc) is 3.72. The van der Waals surface area contributed by atoms with Crippen molar-refractivity contribution in [3.05, 3.63) is 113 Å². The van der Waals surface area contributed by atoms with Crippen molar-refractivity contribution in [2.45, 2.75) is 32.0 Å². The largest absolute Gasteiger partial charge is 0.373 e. The van der Waals surface area contributed by atoms with Gasteiger partial charge in [-0.25, -0.2) is 0 Å². The third-order valence-corrected chi connectivity index (χ3v) is 7.58. The van der Waals surface area contributed by atoms with Gasteiger partial charge in [-0.05, 0) is 42.4 Å². The predicted molar refractivity (Wildman–Crippen MR) is 128 cm³/mol. The zero-order chi connectivity index (χ0) is 21.5. The summed E-state index contributed by atoms with van der Waals surface area (Å²) in [6.07, 6.45) is 4.84. The van der Waals surface area contributed by atoms with Crippen LogP contribution in [0, 0.1) is 24.2 Å². The summed E-state index contributed by atoms with van der Waals surface area (Å²) < 4.78 is 13.2. The molecule has 3 aliphatic rings. The third kappa shape index (κ3) is 3.62. The lowest BCUT2D eigenvalue weighted by molar-refractivity contribution is -0.0530. The Morgan fingerprint density at radius 3 is 2.41 bits per heavy atom. The van der Waals surface area contributed by atoms with Gasteiger partial charge in [-0.2, -0.15) is 0 Å². The number of hydrogen-bond acceptors (Lipinski definition) is 2. The SMILES string of the molecule is Cc1ccc([C@H]2OCC3CC32[C@@H](OCC2C/C2=C\c2ccccc2)c2ccccc2)cc1. The van der Waals surface area contributed by atoms with Crippen LogP contribution in [0.1, 0.15) is 47.3 Å². The Kier molecular flexibility index (Phi) is 5.01. The molecule has 3 unspecified atom stereocenters. The zero-order valence-corrected chi connectivity index (χ0v) is 18.6. The molecule has 6 rings (SSSR count). The number of aryl methyl sites for hydroxylation is 1. The second kappa shape index (κ2) is 8.03. The van der Waals surface area contributed by atoms with Crippen molar-refractivity contribution in [2.75, 3.05) is 13.2 Å². The lowest BCUT2D eigenvalue weighted by Gasteiger charge is -2.32. The summed E-state index contributed by atoms with van der Waals surface area (Å²) in [5.41, 5.74) is 6.70. The van der Waals surface area contributed by atoms with Crippen LogP contribution < -0.4 is 0 Å². The van der Waals surface area contributed by atoms with E-state index >= 15 is 0 Å². The molecule has 2 nitrogen and oxygen atoms in total. The minimum atomic E-state index is 0.0504. The van der Waals surface area contributed by atoms with Gasteiger partial charge in [0.15, 0.2) is 0 Å². The van der Waals surface area contributed by atoms with Gasteiger partial charge in [0.05, 0.1) is 25.4 Å². The topological polar surface area (TPSA) is 18.5 Å². The lowest BCUT2D eigenvalue weighted by Crippen LogP contribution is -2.25. The smallest absolute Gasteiger partial charge is 0.0913 e. The highest BCUT2D eigenvalue weighted by atomic mass is 16.5. The molecule has 2 aliphatic carbocycles. The predicted octanol–water partition coefficient (Wildman–Crippen LogP) is 6.93. The molecule has 3 aromatic carbocycles. The van der Waals surface area contributed by atoms with Crippen LogP contribution in [0.4, 0.5) is 0 Å². The van der Waals surface area contributed by atoms with E-state index in [9.17, 15) is 0 Å². The number of hydrogen-bond donors (Lipinski definition) is 0. The standard InChI is InChI=1S/C30H30O2/c1-21-12-14-24(15-13-21)29-30(18-27(30)20-32-29)28(23-10-6-3-7-11-23)31-19-26-17-25(26)16-22-8-4-2-5-9-22/h2-16,26-29H,17-20H2,1H3/b25-16+/t26?,27?,28-,29+,30?/m0/s1. The van der Waals surface area contributed by atoms with E-state index in [4.69, 9.17) is 9.47 Å². The van der Waals surface area contributed by atoms with Crippen molar-refractivity contribution in [1.29, 1.82) is 0 Å². The highest BCUT2D eigenvalue weighted by Crippen LogP contribution is 2.72. The van der Waals surface area contributed by atoms with Crippen molar-refractivity contribution in [3.8, 4) is 0 Å². The Hall–Kier alpha value is -2.68. The fraction of sp³-hybridized carbons (Fsp3) is 0.333. The molecule has 0 radical (unpaired) electrons. The lowest BCUT2D eigenvalue weighted by atomic mass is 9.83. The fourth-order valence-electron chi connectivity index (χ4n) is 5.61. The monoisotopic (exact) mass is 422 g/mol. The van der Waals surface area contributed by atoms with Gasteiger partial charge >= 0.3 is 0 Å². The van der Waals surface area contributed by atoms with E-state index in [1.165, 1.54) is 34.2 Å². The molecule has 3 fully saturated rings. The second-order valence-electron chi connectivity index (χ2n) is 9.79.